The van der Waals surface area contributed by atoms with E-state index in [1.54, 1.807) is 11.3 Å². The molecule has 1 heterocycles. The molecule has 0 aromatic carbocycles. The van der Waals surface area contributed by atoms with Gasteiger partial charge in [0.25, 0.3) is 0 Å². The SMILES string of the molecule is CCOC1(C(O)Cc2nc(C)c(C)s2)CCCCC1. The maximum Gasteiger partial charge on any atom is 0.0957 e. The van der Waals surface area contributed by atoms with Gasteiger partial charge in [-0.25, -0.2) is 4.98 Å². The lowest BCUT2D eigenvalue weighted by molar-refractivity contribution is -0.138. The predicted octanol–water partition coefficient (Wildman–Crippen LogP) is 3.40. The van der Waals surface area contributed by atoms with E-state index in [-0.39, 0.29) is 5.60 Å². The van der Waals surface area contributed by atoms with Crippen LogP contribution in [0.1, 0.15) is 54.6 Å². The molecule has 0 spiro atoms. The van der Waals surface area contributed by atoms with Crippen molar-refractivity contribution < 1.29 is 9.84 Å². The lowest BCUT2D eigenvalue weighted by Crippen LogP contribution is -2.47. The Morgan fingerprint density at radius 1 is 1.32 bits per heavy atom. The van der Waals surface area contributed by atoms with Crippen molar-refractivity contribution in [3.05, 3.63) is 15.6 Å². The topological polar surface area (TPSA) is 42.4 Å². The molecule has 1 fully saturated rings. The second kappa shape index (κ2) is 6.33. The lowest BCUT2D eigenvalue weighted by atomic mass is 9.79. The second-order valence-electron chi connectivity index (χ2n) is 5.53. The van der Waals surface area contributed by atoms with E-state index in [0.29, 0.717) is 13.0 Å². The molecule has 1 saturated carbocycles. The molecule has 1 unspecified atom stereocenters. The Bertz CT molecular complexity index is 385. The van der Waals surface area contributed by atoms with Gasteiger partial charge in [-0.05, 0) is 33.6 Å². The Morgan fingerprint density at radius 3 is 2.53 bits per heavy atom. The number of aromatic nitrogens is 1. The number of ether oxygens (including phenoxy) is 1. The van der Waals surface area contributed by atoms with Gasteiger partial charge in [0.1, 0.15) is 0 Å². The van der Waals surface area contributed by atoms with Gasteiger partial charge in [0.15, 0.2) is 0 Å². The number of aliphatic hydroxyl groups excluding tert-OH is 1. The molecule has 1 N–H and O–H groups in total. The Morgan fingerprint density at radius 2 is 2.00 bits per heavy atom. The van der Waals surface area contributed by atoms with Crippen LogP contribution in [-0.2, 0) is 11.2 Å². The average molecular weight is 283 g/mol. The van der Waals surface area contributed by atoms with Gasteiger partial charge in [-0.15, -0.1) is 11.3 Å². The first-order valence-corrected chi connectivity index (χ1v) is 8.14. The Balaban J connectivity index is 2.08. The van der Waals surface area contributed by atoms with E-state index >= 15 is 0 Å². The summed E-state index contributed by atoms with van der Waals surface area (Å²) in [7, 11) is 0. The Labute approximate surface area is 120 Å². The minimum atomic E-state index is -0.433. The third-order valence-electron chi connectivity index (χ3n) is 4.18. The molecule has 0 amide bonds. The Kier molecular flexibility index (Phi) is 4.98. The van der Waals surface area contributed by atoms with Crippen molar-refractivity contribution in [3.8, 4) is 0 Å². The molecular formula is C15H25NO2S. The monoisotopic (exact) mass is 283 g/mol. The highest BCUT2D eigenvalue weighted by Gasteiger charge is 2.40. The lowest BCUT2D eigenvalue weighted by Gasteiger charge is -2.40. The van der Waals surface area contributed by atoms with Gasteiger partial charge in [0.05, 0.1) is 22.4 Å². The molecule has 19 heavy (non-hydrogen) atoms. The minimum absolute atomic E-state index is 0.333. The molecule has 1 aromatic heterocycles. The van der Waals surface area contributed by atoms with Crippen LogP contribution in [0.3, 0.4) is 0 Å². The first kappa shape index (κ1) is 14.9. The fourth-order valence-electron chi connectivity index (χ4n) is 2.99. The maximum atomic E-state index is 10.7. The number of hydrogen-bond acceptors (Lipinski definition) is 4. The summed E-state index contributed by atoms with van der Waals surface area (Å²) in [5.41, 5.74) is 0.752. The molecule has 0 saturated heterocycles. The largest absolute Gasteiger partial charge is 0.390 e. The molecule has 0 bridgehead atoms. The molecule has 1 aliphatic carbocycles. The zero-order valence-corrected chi connectivity index (χ0v) is 13.1. The fraction of sp³-hybridized carbons (Fsp3) is 0.800. The van der Waals surface area contributed by atoms with Crippen LogP contribution in [0.5, 0.6) is 0 Å². The van der Waals surface area contributed by atoms with E-state index in [9.17, 15) is 5.11 Å². The van der Waals surface area contributed by atoms with Gasteiger partial charge in [-0.2, -0.15) is 0 Å². The minimum Gasteiger partial charge on any atom is -0.390 e. The smallest absolute Gasteiger partial charge is 0.0957 e. The van der Waals surface area contributed by atoms with Gasteiger partial charge >= 0.3 is 0 Å². The van der Waals surface area contributed by atoms with Crippen molar-refractivity contribution in [1.29, 1.82) is 0 Å². The van der Waals surface area contributed by atoms with E-state index in [1.165, 1.54) is 11.3 Å². The van der Waals surface area contributed by atoms with Crippen LogP contribution in [0.25, 0.3) is 0 Å². The van der Waals surface area contributed by atoms with Crippen LogP contribution < -0.4 is 0 Å². The normalized spacial score (nSPS) is 20.4. The van der Waals surface area contributed by atoms with Crippen molar-refractivity contribution >= 4 is 11.3 Å². The molecule has 0 aliphatic heterocycles. The summed E-state index contributed by atoms with van der Waals surface area (Å²) in [4.78, 5) is 5.79. The first-order valence-electron chi connectivity index (χ1n) is 7.32. The molecule has 108 valence electrons. The molecule has 1 aromatic rings. The number of aryl methyl sites for hydroxylation is 2. The quantitative estimate of drug-likeness (QED) is 0.900. The summed E-state index contributed by atoms with van der Waals surface area (Å²) >= 11 is 1.70. The zero-order chi connectivity index (χ0) is 13.9. The van der Waals surface area contributed by atoms with Gasteiger partial charge in [-0.1, -0.05) is 19.3 Å². The summed E-state index contributed by atoms with van der Waals surface area (Å²) in [6.07, 6.45) is 5.73. The summed E-state index contributed by atoms with van der Waals surface area (Å²) in [5.74, 6) is 0. The van der Waals surface area contributed by atoms with Crippen molar-refractivity contribution in [2.45, 2.75) is 71.0 Å². The van der Waals surface area contributed by atoms with Crippen LogP contribution >= 0.6 is 11.3 Å². The van der Waals surface area contributed by atoms with Crippen LogP contribution in [0.15, 0.2) is 0 Å². The highest BCUT2D eigenvalue weighted by atomic mass is 32.1. The molecule has 1 atom stereocenters. The number of hydrogen-bond donors (Lipinski definition) is 1. The zero-order valence-electron chi connectivity index (χ0n) is 12.2. The number of thiazole rings is 1. The predicted molar refractivity (Wildman–Crippen MR) is 78.7 cm³/mol. The van der Waals surface area contributed by atoms with Crippen LogP contribution in [0.4, 0.5) is 0 Å². The van der Waals surface area contributed by atoms with E-state index in [2.05, 4.69) is 11.9 Å². The van der Waals surface area contributed by atoms with E-state index in [4.69, 9.17) is 4.74 Å². The summed E-state index contributed by atoms with van der Waals surface area (Å²) in [6.45, 7) is 6.80. The van der Waals surface area contributed by atoms with E-state index in [0.717, 1.165) is 36.4 Å². The molecule has 2 rings (SSSR count). The summed E-state index contributed by atoms with van der Waals surface area (Å²) in [6, 6.07) is 0. The highest BCUT2D eigenvalue weighted by Crippen LogP contribution is 2.36. The average Bonchev–Trinajstić information content (AvgIpc) is 2.69. The van der Waals surface area contributed by atoms with Gasteiger partial charge in [0, 0.05) is 17.9 Å². The van der Waals surface area contributed by atoms with Crippen LogP contribution in [-0.4, -0.2) is 28.4 Å². The highest BCUT2D eigenvalue weighted by molar-refractivity contribution is 7.11. The molecule has 1 aliphatic rings. The van der Waals surface area contributed by atoms with Crippen molar-refractivity contribution in [2.24, 2.45) is 0 Å². The molecule has 4 heteroatoms. The van der Waals surface area contributed by atoms with Crippen LogP contribution in [0.2, 0.25) is 0 Å². The van der Waals surface area contributed by atoms with Crippen molar-refractivity contribution in [1.82, 2.24) is 4.98 Å². The third-order valence-corrected chi connectivity index (χ3v) is 5.27. The fourth-order valence-corrected chi connectivity index (χ4v) is 3.96. The van der Waals surface area contributed by atoms with Gasteiger partial charge in [0.2, 0.25) is 0 Å². The third kappa shape index (κ3) is 3.36. The maximum absolute atomic E-state index is 10.7. The summed E-state index contributed by atoms with van der Waals surface area (Å²) < 4.78 is 5.97. The van der Waals surface area contributed by atoms with Crippen LogP contribution in [0, 0.1) is 13.8 Å². The molecule has 3 nitrogen and oxygen atoms in total. The first-order chi connectivity index (χ1) is 9.07. The van der Waals surface area contributed by atoms with Crippen molar-refractivity contribution in [2.75, 3.05) is 6.61 Å². The molecule has 0 radical (unpaired) electrons. The van der Waals surface area contributed by atoms with E-state index < -0.39 is 6.10 Å². The number of nitrogens with zero attached hydrogens (tertiary/aromatic N) is 1. The standard InChI is InChI=1S/C15H25NO2S/c1-4-18-15(8-6-5-7-9-15)13(17)10-14-16-11(2)12(3)19-14/h13,17H,4-10H2,1-3H3. The number of aliphatic hydroxyl groups is 1. The van der Waals surface area contributed by atoms with E-state index in [1.807, 2.05) is 13.8 Å². The molecular weight excluding hydrogens is 258 g/mol. The number of rotatable bonds is 5. The van der Waals surface area contributed by atoms with Gasteiger partial charge in [-0.3, -0.25) is 0 Å². The van der Waals surface area contributed by atoms with Gasteiger partial charge < -0.3 is 9.84 Å². The Hall–Kier alpha value is -0.450. The van der Waals surface area contributed by atoms with Crippen molar-refractivity contribution in [3.63, 3.8) is 0 Å². The summed E-state index contributed by atoms with van der Waals surface area (Å²) in [5, 5.41) is 11.7. The second-order valence-corrected chi connectivity index (χ2v) is 6.82.